The highest BCUT2D eigenvalue weighted by Gasteiger charge is 2.48. The highest BCUT2D eigenvalue weighted by atomic mass is 32.2. The minimum Gasteiger partial charge on any atom is -0.333 e. The van der Waals surface area contributed by atoms with Gasteiger partial charge >= 0.3 is 0 Å². The lowest BCUT2D eigenvalue weighted by atomic mass is 10.1. The van der Waals surface area contributed by atoms with Gasteiger partial charge < -0.3 is 4.90 Å². The molecule has 1 aromatic carbocycles. The first-order valence-electron chi connectivity index (χ1n) is 9.06. The molecule has 2 aliphatic rings. The molecule has 138 valence electrons. The molecular weight excluding hydrogens is 350 g/mol. The molecule has 0 N–H and O–H groups in total. The van der Waals surface area contributed by atoms with Crippen molar-refractivity contribution in [3.8, 4) is 0 Å². The van der Waals surface area contributed by atoms with Crippen molar-refractivity contribution >= 4 is 15.7 Å². The number of hydrogen-bond acceptors (Lipinski definition) is 4. The second-order valence-corrected chi connectivity index (χ2v) is 9.38. The molecule has 0 unspecified atom stereocenters. The van der Waals surface area contributed by atoms with Gasteiger partial charge in [0.05, 0.1) is 23.7 Å². The molecule has 1 saturated carbocycles. The van der Waals surface area contributed by atoms with Crippen LogP contribution in [0.1, 0.15) is 36.4 Å². The lowest BCUT2D eigenvalue weighted by Gasteiger charge is -2.35. The second kappa shape index (κ2) is 6.54. The van der Waals surface area contributed by atoms with Gasteiger partial charge in [-0.3, -0.25) is 9.48 Å². The van der Waals surface area contributed by atoms with Gasteiger partial charge in [-0.2, -0.15) is 5.10 Å². The Hall–Kier alpha value is -2.15. The van der Waals surface area contributed by atoms with Crippen molar-refractivity contribution in [1.29, 1.82) is 0 Å². The van der Waals surface area contributed by atoms with Crippen molar-refractivity contribution in [3.63, 3.8) is 0 Å². The summed E-state index contributed by atoms with van der Waals surface area (Å²) in [6.45, 7) is 2.96. The van der Waals surface area contributed by atoms with E-state index in [-0.39, 0.29) is 35.8 Å². The van der Waals surface area contributed by atoms with Crippen LogP contribution >= 0.6 is 0 Å². The molecule has 0 radical (unpaired) electrons. The minimum atomic E-state index is -3.15. The Morgan fingerprint density at radius 2 is 2.00 bits per heavy atom. The van der Waals surface area contributed by atoms with E-state index >= 15 is 0 Å². The summed E-state index contributed by atoms with van der Waals surface area (Å²) in [7, 11) is -3.15. The van der Waals surface area contributed by atoms with Crippen LogP contribution in [-0.4, -0.2) is 47.1 Å². The molecule has 1 amide bonds. The number of benzene rings is 1. The highest BCUT2D eigenvalue weighted by molar-refractivity contribution is 7.91. The van der Waals surface area contributed by atoms with Crippen molar-refractivity contribution in [1.82, 2.24) is 14.7 Å². The molecule has 1 aliphatic heterocycles. The second-order valence-electron chi connectivity index (χ2n) is 7.15. The molecule has 3 atom stereocenters. The van der Waals surface area contributed by atoms with Crippen LogP contribution < -0.4 is 0 Å². The van der Waals surface area contributed by atoms with Gasteiger partial charge in [0.1, 0.15) is 0 Å². The summed E-state index contributed by atoms with van der Waals surface area (Å²) >= 11 is 0. The number of carbonyl (C=O) groups is 1. The van der Waals surface area contributed by atoms with E-state index in [9.17, 15) is 13.2 Å². The molecule has 1 saturated heterocycles. The van der Waals surface area contributed by atoms with Crippen LogP contribution in [0.4, 0.5) is 0 Å². The van der Waals surface area contributed by atoms with Gasteiger partial charge in [0, 0.05) is 30.8 Å². The van der Waals surface area contributed by atoms with Crippen molar-refractivity contribution in [2.45, 2.75) is 31.8 Å². The van der Waals surface area contributed by atoms with E-state index in [1.807, 2.05) is 31.3 Å². The smallest absolute Gasteiger partial charge is 0.226 e. The lowest BCUT2D eigenvalue weighted by molar-refractivity contribution is -0.134. The van der Waals surface area contributed by atoms with Gasteiger partial charge in [-0.05, 0) is 24.8 Å². The van der Waals surface area contributed by atoms with Crippen molar-refractivity contribution in [3.05, 3.63) is 53.9 Å². The van der Waals surface area contributed by atoms with E-state index in [0.29, 0.717) is 6.54 Å². The van der Waals surface area contributed by atoms with Gasteiger partial charge in [0.2, 0.25) is 5.91 Å². The van der Waals surface area contributed by atoms with E-state index < -0.39 is 15.9 Å². The largest absolute Gasteiger partial charge is 0.333 e. The topological polar surface area (TPSA) is 72.3 Å². The van der Waals surface area contributed by atoms with Crippen LogP contribution in [0.25, 0.3) is 0 Å². The molecule has 6 nitrogen and oxygen atoms in total. The van der Waals surface area contributed by atoms with E-state index in [2.05, 4.69) is 17.2 Å². The predicted octanol–water partition coefficient (Wildman–Crippen LogP) is 2.00. The van der Waals surface area contributed by atoms with E-state index in [4.69, 9.17) is 0 Å². The fraction of sp³-hybridized carbons (Fsp3) is 0.474. The predicted molar refractivity (Wildman–Crippen MR) is 98.3 cm³/mol. The first-order chi connectivity index (χ1) is 12.5. The Bertz CT molecular complexity index is 907. The van der Waals surface area contributed by atoms with Gasteiger partial charge in [-0.1, -0.05) is 30.3 Å². The molecule has 1 aliphatic carbocycles. The van der Waals surface area contributed by atoms with E-state index in [1.165, 1.54) is 5.56 Å². The zero-order chi connectivity index (χ0) is 18.3. The molecule has 2 aromatic rings. The maximum atomic E-state index is 13.1. The fourth-order valence-electron chi connectivity index (χ4n) is 3.82. The monoisotopic (exact) mass is 373 g/mol. The summed E-state index contributed by atoms with van der Waals surface area (Å²) in [5.41, 5.74) is 1.99. The van der Waals surface area contributed by atoms with Crippen LogP contribution in [0, 0.1) is 5.92 Å². The average molecular weight is 373 g/mol. The summed E-state index contributed by atoms with van der Waals surface area (Å²) in [6.07, 6.45) is 4.39. The third-order valence-corrected chi connectivity index (χ3v) is 7.04. The van der Waals surface area contributed by atoms with Crippen LogP contribution in [0.5, 0.6) is 0 Å². The lowest BCUT2D eigenvalue weighted by Crippen LogP contribution is -2.46. The molecule has 0 bridgehead atoms. The summed E-state index contributed by atoms with van der Waals surface area (Å²) < 4.78 is 26.1. The van der Waals surface area contributed by atoms with Crippen LogP contribution in [0.2, 0.25) is 0 Å². The number of aromatic nitrogens is 2. The van der Waals surface area contributed by atoms with Crippen molar-refractivity contribution in [2.75, 3.05) is 18.1 Å². The summed E-state index contributed by atoms with van der Waals surface area (Å²) in [6, 6.07) is 9.64. The molecular formula is C19H23N3O3S. The Morgan fingerprint density at radius 3 is 2.69 bits per heavy atom. The zero-order valence-corrected chi connectivity index (χ0v) is 15.6. The van der Waals surface area contributed by atoms with Gasteiger partial charge in [0.15, 0.2) is 9.84 Å². The summed E-state index contributed by atoms with van der Waals surface area (Å²) in [5.74, 6) is 0.308. The van der Waals surface area contributed by atoms with Gasteiger partial charge in [0.25, 0.3) is 0 Å². The number of amides is 1. The van der Waals surface area contributed by atoms with Gasteiger partial charge in [-0.15, -0.1) is 0 Å². The van der Waals surface area contributed by atoms with Crippen LogP contribution in [0.15, 0.2) is 42.7 Å². The average Bonchev–Trinajstić information content (AvgIpc) is 3.30. The summed E-state index contributed by atoms with van der Waals surface area (Å²) in [5, 5.41) is 4.26. The number of sulfone groups is 1. The first-order valence-corrected chi connectivity index (χ1v) is 10.9. The number of hydrogen-bond donors (Lipinski definition) is 0. The SMILES string of the molecule is CCn1cc([C@@H]2CS(=O)(=O)CCN2C(=O)[C@H]2C[C@H]2c2ccccc2)cn1. The molecule has 1 aromatic heterocycles. The Balaban J connectivity index is 1.56. The van der Waals surface area contributed by atoms with E-state index in [1.54, 1.807) is 15.8 Å². The number of carbonyl (C=O) groups excluding carboxylic acids is 1. The number of aryl methyl sites for hydroxylation is 1. The quantitative estimate of drug-likeness (QED) is 0.822. The van der Waals surface area contributed by atoms with E-state index in [0.717, 1.165) is 12.0 Å². The molecule has 2 fully saturated rings. The normalized spacial score (nSPS) is 27.3. The highest BCUT2D eigenvalue weighted by Crippen LogP contribution is 2.49. The van der Waals surface area contributed by atoms with Gasteiger partial charge in [-0.25, -0.2) is 8.42 Å². The Kier molecular flexibility index (Phi) is 4.34. The Morgan fingerprint density at radius 1 is 1.23 bits per heavy atom. The Labute approximate surface area is 153 Å². The number of rotatable bonds is 4. The maximum absolute atomic E-state index is 13.1. The standard InChI is InChI=1S/C19H23N3O3S/c1-2-21-12-15(11-20-21)18-13-26(24,25)9-8-22(18)19(23)17-10-16(17)14-6-4-3-5-7-14/h3-7,11-12,16-18H,2,8-10,13H2,1H3/t16-,17-,18-/m0/s1. The number of nitrogens with zero attached hydrogens (tertiary/aromatic N) is 3. The molecule has 26 heavy (non-hydrogen) atoms. The summed E-state index contributed by atoms with van der Waals surface area (Å²) in [4.78, 5) is 14.9. The molecule has 7 heteroatoms. The molecule has 2 heterocycles. The van der Waals surface area contributed by atoms with Crippen molar-refractivity contribution in [2.24, 2.45) is 5.92 Å². The van der Waals surface area contributed by atoms with Crippen molar-refractivity contribution < 1.29 is 13.2 Å². The first kappa shape index (κ1) is 17.3. The fourth-order valence-corrected chi connectivity index (χ4v) is 5.32. The minimum absolute atomic E-state index is 0.0170. The molecule has 0 spiro atoms. The van der Waals surface area contributed by atoms with Crippen LogP contribution in [0.3, 0.4) is 0 Å². The maximum Gasteiger partial charge on any atom is 0.226 e. The van der Waals surface area contributed by atoms with Crippen LogP contribution in [-0.2, 0) is 21.2 Å². The zero-order valence-electron chi connectivity index (χ0n) is 14.8. The third kappa shape index (κ3) is 3.28. The molecule has 4 rings (SSSR count). The third-order valence-electron chi connectivity index (χ3n) is 5.41.